The predicted octanol–water partition coefficient (Wildman–Crippen LogP) is 3.31. The molecule has 0 aliphatic heterocycles. The number of hydrogen-bond acceptors (Lipinski definition) is 3. The van der Waals surface area contributed by atoms with Gasteiger partial charge in [0.05, 0.1) is 5.01 Å². The van der Waals surface area contributed by atoms with Crippen LogP contribution in [0.2, 0.25) is 0 Å². The molecule has 1 aromatic carbocycles. The molecule has 15 heavy (non-hydrogen) atoms. The summed E-state index contributed by atoms with van der Waals surface area (Å²) in [5, 5.41) is 2.75. The van der Waals surface area contributed by atoms with Crippen molar-refractivity contribution in [3.8, 4) is 0 Å². The van der Waals surface area contributed by atoms with Crippen LogP contribution in [0.1, 0.15) is 21.1 Å². The molecular formula is C11H8BrNOS. The summed E-state index contributed by atoms with van der Waals surface area (Å²) in [5.74, 6) is 0. The Hall–Kier alpha value is -1.00. The van der Waals surface area contributed by atoms with E-state index in [1.807, 2.05) is 18.2 Å². The first-order valence-corrected chi connectivity index (χ1v) is 6.09. The maximum Gasteiger partial charge on any atom is 0.169 e. The van der Waals surface area contributed by atoms with Gasteiger partial charge in [-0.25, -0.2) is 4.98 Å². The van der Waals surface area contributed by atoms with Gasteiger partial charge in [-0.1, -0.05) is 28.1 Å². The highest BCUT2D eigenvalue weighted by atomic mass is 79.9. The van der Waals surface area contributed by atoms with Gasteiger partial charge >= 0.3 is 0 Å². The van der Waals surface area contributed by atoms with Crippen LogP contribution in [0.15, 0.2) is 34.1 Å². The first kappa shape index (κ1) is 10.5. The maximum absolute atomic E-state index is 10.5. The fraction of sp³-hybridized carbons (Fsp3) is 0.0909. The van der Waals surface area contributed by atoms with Crippen molar-refractivity contribution in [2.75, 3.05) is 0 Å². The Morgan fingerprint density at radius 1 is 1.47 bits per heavy atom. The first-order valence-electron chi connectivity index (χ1n) is 4.42. The van der Waals surface area contributed by atoms with E-state index < -0.39 is 0 Å². The molecule has 0 radical (unpaired) electrons. The zero-order valence-corrected chi connectivity index (χ0v) is 10.2. The molecule has 0 unspecified atom stereocenters. The molecule has 0 spiro atoms. The first-order chi connectivity index (χ1) is 7.28. The van der Waals surface area contributed by atoms with E-state index in [1.165, 1.54) is 16.9 Å². The van der Waals surface area contributed by atoms with Crippen LogP contribution in [0.25, 0.3) is 0 Å². The van der Waals surface area contributed by atoms with Crippen molar-refractivity contribution in [1.29, 1.82) is 0 Å². The molecule has 1 heterocycles. The summed E-state index contributed by atoms with van der Waals surface area (Å²) in [6, 6.07) is 8.09. The van der Waals surface area contributed by atoms with E-state index in [9.17, 15) is 4.79 Å². The molecule has 0 N–H and O–H groups in total. The summed E-state index contributed by atoms with van der Waals surface area (Å²) in [4.78, 5) is 14.7. The zero-order chi connectivity index (χ0) is 10.7. The number of halogens is 1. The highest BCUT2D eigenvalue weighted by Crippen LogP contribution is 2.17. The summed E-state index contributed by atoms with van der Waals surface area (Å²) in [6.45, 7) is 0. The number of carbonyl (C=O) groups excluding carboxylic acids is 1. The van der Waals surface area contributed by atoms with Crippen LogP contribution in [0.4, 0.5) is 0 Å². The third-order valence-corrected chi connectivity index (χ3v) is 3.29. The summed E-state index contributed by atoms with van der Waals surface area (Å²) in [6.07, 6.45) is 1.55. The predicted molar refractivity (Wildman–Crippen MR) is 64.4 cm³/mol. The van der Waals surface area contributed by atoms with Gasteiger partial charge in [0, 0.05) is 16.3 Å². The fourth-order valence-corrected chi connectivity index (χ4v) is 2.50. The van der Waals surface area contributed by atoms with Crippen LogP contribution < -0.4 is 0 Å². The van der Waals surface area contributed by atoms with Crippen molar-refractivity contribution in [1.82, 2.24) is 4.98 Å². The molecule has 0 aliphatic rings. The van der Waals surface area contributed by atoms with E-state index in [0.29, 0.717) is 5.69 Å². The maximum atomic E-state index is 10.5. The Labute approximate surface area is 100 Å². The molecule has 2 aromatic rings. The number of thiazole rings is 1. The largest absolute Gasteiger partial charge is 0.296 e. The molecule has 76 valence electrons. The van der Waals surface area contributed by atoms with Crippen LogP contribution in [-0.2, 0) is 6.42 Å². The summed E-state index contributed by atoms with van der Waals surface area (Å²) >= 11 is 4.94. The topological polar surface area (TPSA) is 30.0 Å². The third-order valence-electron chi connectivity index (χ3n) is 1.93. The minimum Gasteiger partial charge on any atom is -0.296 e. The van der Waals surface area contributed by atoms with Crippen molar-refractivity contribution in [3.05, 3.63) is 50.4 Å². The van der Waals surface area contributed by atoms with Gasteiger partial charge in [0.25, 0.3) is 0 Å². The van der Waals surface area contributed by atoms with Gasteiger partial charge in [0.15, 0.2) is 6.29 Å². The lowest BCUT2D eigenvalue weighted by Crippen LogP contribution is -1.88. The van der Waals surface area contributed by atoms with Crippen molar-refractivity contribution < 1.29 is 4.79 Å². The second-order valence-corrected chi connectivity index (χ2v) is 4.95. The van der Waals surface area contributed by atoms with Gasteiger partial charge in [-0.3, -0.25) is 4.79 Å². The molecular weight excluding hydrogens is 274 g/mol. The van der Waals surface area contributed by atoms with E-state index in [4.69, 9.17) is 0 Å². The molecule has 4 heteroatoms. The minimum atomic E-state index is 0.519. The molecule has 0 atom stereocenters. The molecule has 0 fully saturated rings. The Kier molecular flexibility index (Phi) is 3.28. The second-order valence-electron chi connectivity index (χ2n) is 3.09. The Bertz CT molecular complexity index is 481. The van der Waals surface area contributed by atoms with E-state index in [-0.39, 0.29) is 0 Å². The van der Waals surface area contributed by atoms with Crippen molar-refractivity contribution in [3.63, 3.8) is 0 Å². The molecule has 2 nitrogen and oxygen atoms in total. The fourth-order valence-electron chi connectivity index (χ4n) is 1.28. The number of nitrogens with zero attached hydrogens (tertiary/aromatic N) is 1. The van der Waals surface area contributed by atoms with Gasteiger partial charge < -0.3 is 0 Å². The number of benzene rings is 1. The highest BCUT2D eigenvalue weighted by Gasteiger charge is 2.02. The smallest absolute Gasteiger partial charge is 0.169 e. The zero-order valence-electron chi connectivity index (χ0n) is 7.81. The van der Waals surface area contributed by atoms with E-state index in [0.717, 1.165) is 22.2 Å². The SMILES string of the molecule is O=Cc1csc(Cc2cccc(Br)c2)n1. The molecule has 0 saturated heterocycles. The van der Waals surface area contributed by atoms with Gasteiger partial charge in [0.1, 0.15) is 5.69 Å². The number of aldehydes is 1. The lowest BCUT2D eigenvalue weighted by Gasteiger charge is -1.98. The van der Waals surface area contributed by atoms with Crippen molar-refractivity contribution in [2.24, 2.45) is 0 Å². The Morgan fingerprint density at radius 3 is 3.00 bits per heavy atom. The van der Waals surface area contributed by atoms with Gasteiger partial charge in [-0.05, 0) is 17.7 Å². The highest BCUT2D eigenvalue weighted by molar-refractivity contribution is 9.10. The van der Waals surface area contributed by atoms with Gasteiger partial charge in [0.2, 0.25) is 0 Å². The summed E-state index contributed by atoms with van der Waals surface area (Å²) in [5.41, 5.74) is 1.71. The van der Waals surface area contributed by atoms with Crippen LogP contribution in [0, 0.1) is 0 Å². The Morgan fingerprint density at radius 2 is 2.33 bits per heavy atom. The molecule has 0 bridgehead atoms. The normalized spacial score (nSPS) is 10.2. The molecule has 0 amide bonds. The standard InChI is InChI=1S/C11H8BrNOS/c12-9-3-1-2-8(4-9)5-11-13-10(6-14)7-15-11/h1-4,6-7H,5H2. The number of rotatable bonds is 3. The van der Waals surface area contributed by atoms with Crippen LogP contribution in [0.3, 0.4) is 0 Å². The van der Waals surface area contributed by atoms with Crippen LogP contribution in [-0.4, -0.2) is 11.3 Å². The number of carbonyl (C=O) groups is 1. The van der Waals surface area contributed by atoms with Crippen molar-refractivity contribution >= 4 is 33.6 Å². The van der Waals surface area contributed by atoms with Crippen LogP contribution in [0.5, 0.6) is 0 Å². The van der Waals surface area contributed by atoms with E-state index in [1.54, 1.807) is 5.38 Å². The van der Waals surface area contributed by atoms with Crippen molar-refractivity contribution in [2.45, 2.75) is 6.42 Å². The van der Waals surface area contributed by atoms with Gasteiger partial charge in [-0.2, -0.15) is 0 Å². The summed E-state index contributed by atoms with van der Waals surface area (Å²) in [7, 11) is 0. The third kappa shape index (κ3) is 2.73. The monoisotopic (exact) mass is 281 g/mol. The number of hydrogen-bond donors (Lipinski definition) is 0. The molecule has 2 rings (SSSR count). The van der Waals surface area contributed by atoms with E-state index >= 15 is 0 Å². The molecule has 0 saturated carbocycles. The lowest BCUT2D eigenvalue weighted by molar-refractivity contribution is 0.111. The second kappa shape index (κ2) is 4.68. The van der Waals surface area contributed by atoms with Crippen LogP contribution >= 0.6 is 27.3 Å². The summed E-state index contributed by atoms with van der Waals surface area (Å²) < 4.78 is 1.06. The average Bonchev–Trinajstić information content (AvgIpc) is 2.65. The minimum absolute atomic E-state index is 0.519. The average molecular weight is 282 g/mol. The van der Waals surface area contributed by atoms with Gasteiger partial charge in [-0.15, -0.1) is 11.3 Å². The molecule has 0 aliphatic carbocycles. The lowest BCUT2D eigenvalue weighted by atomic mass is 10.2. The molecule has 1 aromatic heterocycles. The number of aromatic nitrogens is 1. The Balaban J connectivity index is 2.18. The van der Waals surface area contributed by atoms with E-state index in [2.05, 4.69) is 27.0 Å². The quantitative estimate of drug-likeness (QED) is 0.808.